The minimum absolute atomic E-state index is 0.464. The zero-order valence-corrected chi connectivity index (χ0v) is 16.8. The Morgan fingerprint density at radius 3 is 2.84 bits per heavy atom. The number of nitrogens with zero attached hydrogens (tertiary/aromatic N) is 2. The number of guanidine groups is 1. The summed E-state index contributed by atoms with van der Waals surface area (Å²) in [5.74, 6) is 2.15. The van der Waals surface area contributed by atoms with E-state index in [-0.39, 0.29) is 0 Å². The van der Waals surface area contributed by atoms with Crippen molar-refractivity contribution >= 4 is 17.3 Å². The number of methoxy groups -OCH3 is 1. The molecule has 0 saturated carbocycles. The topological polar surface area (TPSA) is 48.9 Å². The van der Waals surface area contributed by atoms with Crippen LogP contribution < -0.4 is 10.6 Å². The molecule has 0 aliphatic carbocycles. The van der Waals surface area contributed by atoms with E-state index in [2.05, 4.69) is 46.2 Å². The first kappa shape index (κ1) is 20.2. The van der Waals surface area contributed by atoms with Crippen LogP contribution in [0.15, 0.2) is 21.8 Å². The molecule has 0 aromatic carbocycles. The molecular weight excluding hydrogens is 332 g/mol. The van der Waals surface area contributed by atoms with Gasteiger partial charge in [0.15, 0.2) is 5.96 Å². The van der Waals surface area contributed by atoms with Crippen molar-refractivity contribution in [3.63, 3.8) is 0 Å². The smallest absolute Gasteiger partial charge is 0.191 e. The maximum absolute atomic E-state index is 5.17. The summed E-state index contributed by atoms with van der Waals surface area (Å²) >= 11 is 1.75. The summed E-state index contributed by atoms with van der Waals surface area (Å²) in [5, 5.41) is 11.3. The van der Waals surface area contributed by atoms with Gasteiger partial charge in [0.05, 0.1) is 6.61 Å². The molecule has 0 radical (unpaired) electrons. The van der Waals surface area contributed by atoms with Gasteiger partial charge in [-0.25, -0.2) is 0 Å². The Labute approximate surface area is 156 Å². The number of rotatable bonds is 9. The van der Waals surface area contributed by atoms with Crippen molar-refractivity contribution in [2.24, 2.45) is 10.9 Å². The number of aliphatic imine (C=N–C) groups is 1. The van der Waals surface area contributed by atoms with Gasteiger partial charge in [0.2, 0.25) is 0 Å². The van der Waals surface area contributed by atoms with Crippen molar-refractivity contribution in [2.45, 2.75) is 32.6 Å². The van der Waals surface area contributed by atoms with Crippen molar-refractivity contribution in [3.05, 3.63) is 22.4 Å². The summed E-state index contributed by atoms with van der Waals surface area (Å²) in [6.07, 6.45) is 2.50. The fraction of sp³-hybridized carbons (Fsp3) is 0.737. The van der Waals surface area contributed by atoms with Gasteiger partial charge < -0.3 is 20.3 Å². The second-order valence-electron chi connectivity index (χ2n) is 6.84. The largest absolute Gasteiger partial charge is 0.383 e. The van der Waals surface area contributed by atoms with Crippen molar-refractivity contribution in [1.29, 1.82) is 0 Å². The number of thiophene rings is 1. The number of likely N-dealkylation sites (tertiary alicyclic amines) is 1. The van der Waals surface area contributed by atoms with Crippen LogP contribution in [0.3, 0.4) is 0 Å². The van der Waals surface area contributed by atoms with E-state index in [9.17, 15) is 0 Å². The molecule has 1 atom stereocenters. The molecule has 5 nitrogen and oxygen atoms in total. The lowest BCUT2D eigenvalue weighted by Gasteiger charge is -2.32. The zero-order chi connectivity index (χ0) is 17.9. The van der Waals surface area contributed by atoms with Crippen LogP contribution in [0.4, 0.5) is 0 Å². The molecule has 1 aliphatic rings. The molecule has 6 heteroatoms. The molecule has 1 aromatic heterocycles. The second-order valence-corrected chi connectivity index (χ2v) is 7.62. The summed E-state index contributed by atoms with van der Waals surface area (Å²) in [4.78, 5) is 7.28. The van der Waals surface area contributed by atoms with Crippen molar-refractivity contribution in [1.82, 2.24) is 15.5 Å². The number of hydrogen-bond acceptors (Lipinski definition) is 4. The maximum Gasteiger partial charge on any atom is 0.191 e. The number of piperidine rings is 1. The van der Waals surface area contributed by atoms with E-state index in [0.29, 0.717) is 5.92 Å². The highest BCUT2D eigenvalue weighted by Crippen LogP contribution is 2.18. The average Bonchev–Trinajstić information content (AvgIpc) is 3.17. The Bertz CT molecular complexity index is 484. The third kappa shape index (κ3) is 7.34. The minimum Gasteiger partial charge on any atom is -0.383 e. The molecule has 1 saturated heterocycles. The highest BCUT2D eigenvalue weighted by atomic mass is 32.1. The van der Waals surface area contributed by atoms with Gasteiger partial charge in [-0.15, -0.1) is 0 Å². The third-order valence-corrected chi connectivity index (χ3v) is 5.56. The summed E-state index contributed by atoms with van der Waals surface area (Å²) in [6, 6.07) is 2.20. The van der Waals surface area contributed by atoms with E-state index < -0.39 is 0 Å². The molecule has 0 bridgehead atoms. The van der Waals surface area contributed by atoms with Crippen LogP contribution in [0.5, 0.6) is 0 Å². The first-order valence-electron chi connectivity index (χ1n) is 9.48. The Kier molecular flexibility index (Phi) is 9.29. The van der Waals surface area contributed by atoms with Gasteiger partial charge in [0.25, 0.3) is 0 Å². The first-order chi connectivity index (χ1) is 12.2. The van der Waals surface area contributed by atoms with Gasteiger partial charge in [0.1, 0.15) is 0 Å². The Balaban J connectivity index is 1.73. The molecular formula is C19H34N4OS. The van der Waals surface area contributed by atoms with Gasteiger partial charge in [0, 0.05) is 39.2 Å². The molecule has 25 heavy (non-hydrogen) atoms. The van der Waals surface area contributed by atoms with Crippen molar-refractivity contribution in [2.75, 3.05) is 53.0 Å². The van der Waals surface area contributed by atoms with Crippen molar-refractivity contribution in [3.8, 4) is 0 Å². The van der Waals surface area contributed by atoms with Gasteiger partial charge >= 0.3 is 0 Å². The fourth-order valence-electron chi connectivity index (χ4n) is 3.11. The molecule has 1 aromatic rings. The Morgan fingerprint density at radius 2 is 2.20 bits per heavy atom. The van der Waals surface area contributed by atoms with Crippen LogP contribution in [-0.4, -0.2) is 63.8 Å². The normalized spacial score (nSPS) is 18.3. The average molecular weight is 367 g/mol. The van der Waals surface area contributed by atoms with Crippen LogP contribution in [0.25, 0.3) is 0 Å². The monoisotopic (exact) mass is 366 g/mol. The molecule has 0 amide bonds. The van der Waals surface area contributed by atoms with Gasteiger partial charge in [-0.05, 0) is 61.2 Å². The summed E-state index contributed by atoms with van der Waals surface area (Å²) < 4.78 is 5.17. The van der Waals surface area contributed by atoms with Gasteiger partial charge in [-0.3, -0.25) is 4.99 Å². The van der Waals surface area contributed by atoms with Crippen molar-refractivity contribution < 1.29 is 4.74 Å². The number of hydrogen-bond donors (Lipinski definition) is 2. The van der Waals surface area contributed by atoms with Crippen LogP contribution in [0.2, 0.25) is 0 Å². The second kappa shape index (κ2) is 11.5. The molecule has 1 unspecified atom stereocenters. The Hall–Kier alpha value is -1.11. The lowest BCUT2D eigenvalue weighted by molar-refractivity contribution is 0.121. The quantitative estimate of drug-likeness (QED) is 0.521. The lowest BCUT2D eigenvalue weighted by atomic mass is 9.97. The van der Waals surface area contributed by atoms with Crippen LogP contribution in [0.1, 0.15) is 38.2 Å². The van der Waals surface area contributed by atoms with Crippen LogP contribution in [-0.2, 0) is 4.74 Å². The zero-order valence-electron chi connectivity index (χ0n) is 16.0. The molecule has 2 N–H and O–H groups in total. The van der Waals surface area contributed by atoms with E-state index in [1.54, 1.807) is 18.4 Å². The summed E-state index contributed by atoms with van der Waals surface area (Å²) in [7, 11) is 1.78. The van der Waals surface area contributed by atoms with E-state index in [0.717, 1.165) is 44.7 Å². The molecule has 1 fully saturated rings. The Morgan fingerprint density at radius 1 is 1.40 bits per heavy atom. The summed E-state index contributed by atoms with van der Waals surface area (Å²) in [6.45, 7) is 11.3. The number of ether oxygens (including phenoxy) is 1. The molecule has 142 valence electrons. The molecule has 2 rings (SSSR count). The SMILES string of the molecule is CCNC(=NCC(C)c1ccsc1)NCC1CCN(CCOC)CC1. The predicted molar refractivity (Wildman–Crippen MR) is 108 cm³/mol. The maximum atomic E-state index is 5.17. The van der Waals surface area contributed by atoms with Gasteiger partial charge in [-0.2, -0.15) is 11.3 Å². The molecule has 0 spiro atoms. The lowest BCUT2D eigenvalue weighted by Crippen LogP contribution is -2.43. The standard InChI is InChI=1S/C19H34N4OS/c1-4-20-19(21-13-16(2)18-7-12-25-15-18)22-14-17-5-8-23(9-6-17)10-11-24-3/h7,12,15-17H,4-6,8-11,13-14H2,1-3H3,(H2,20,21,22). The minimum atomic E-state index is 0.464. The van der Waals surface area contributed by atoms with Gasteiger partial charge in [-0.1, -0.05) is 6.92 Å². The van der Waals surface area contributed by atoms with E-state index in [4.69, 9.17) is 9.73 Å². The first-order valence-corrected chi connectivity index (χ1v) is 10.4. The van der Waals surface area contributed by atoms with Crippen LogP contribution >= 0.6 is 11.3 Å². The van der Waals surface area contributed by atoms with E-state index >= 15 is 0 Å². The van der Waals surface area contributed by atoms with Crippen LogP contribution in [0, 0.1) is 5.92 Å². The number of nitrogens with one attached hydrogen (secondary N) is 2. The summed E-state index contributed by atoms with van der Waals surface area (Å²) in [5.41, 5.74) is 1.38. The molecule has 1 aliphatic heterocycles. The molecule has 2 heterocycles. The fourth-order valence-corrected chi connectivity index (χ4v) is 3.89. The predicted octanol–water partition coefficient (Wildman–Crippen LogP) is 2.77. The van der Waals surface area contributed by atoms with E-state index in [1.165, 1.54) is 31.5 Å². The highest BCUT2D eigenvalue weighted by Gasteiger charge is 2.19. The third-order valence-electron chi connectivity index (χ3n) is 4.86. The highest BCUT2D eigenvalue weighted by molar-refractivity contribution is 7.07. The van der Waals surface area contributed by atoms with E-state index in [1.807, 2.05) is 0 Å².